The standard InChI is InChI=1S/C15H28N2O2/c1-14(2,3)11-7-9-17(10-8-11)13(19)12(18)16-15(4,5)6/h11H,7-10H2,1-6H3,(H,16,18). The molecular weight excluding hydrogens is 240 g/mol. The maximum absolute atomic E-state index is 12.0. The maximum atomic E-state index is 12.0. The molecule has 4 heteroatoms. The summed E-state index contributed by atoms with van der Waals surface area (Å²) in [6, 6.07) is 0. The lowest BCUT2D eigenvalue weighted by Gasteiger charge is -2.38. The van der Waals surface area contributed by atoms with Crippen molar-refractivity contribution in [3.63, 3.8) is 0 Å². The van der Waals surface area contributed by atoms with Crippen LogP contribution >= 0.6 is 0 Å². The minimum absolute atomic E-state index is 0.281. The largest absolute Gasteiger partial charge is 0.343 e. The molecule has 1 saturated heterocycles. The Morgan fingerprint density at radius 3 is 1.84 bits per heavy atom. The van der Waals surface area contributed by atoms with E-state index < -0.39 is 5.91 Å². The second kappa shape index (κ2) is 5.51. The third kappa shape index (κ3) is 4.84. The smallest absolute Gasteiger partial charge is 0.311 e. The van der Waals surface area contributed by atoms with E-state index in [4.69, 9.17) is 0 Å². The van der Waals surface area contributed by atoms with Crippen molar-refractivity contribution in [3.05, 3.63) is 0 Å². The van der Waals surface area contributed by atoms with Crippen molar-refractivity contribution in [2.75, 3.05) is 13.1 Å². The monoisotopic (exact) mass is 268 g/mol. The van der Waals surface area contributed by atoms with E-state index in [2.05, 4.69) is 26.1 Å². The summed E-state index contributed by atoms with van der Waals surface area (Å²) < 4.78 is 0. The summed E-state index contributed by atoms with van der Waals surface area (Å²) in [7, 11) is 0. The minimum atomic E-state index is -0.485. The number of hydrogen-bond donors (Lipinski definition) is 1. The quantitative estimate of drug-likeness (QED) is 0.685. The molecule has 0 aromatic rings. The molecule has 0 atom stereocenters. The number of piperidine rings is 1. The molecule has 0 aromatic carbocycles. The van der Waals surface area contributed by atoms with Crippen LogP contribution in [-0.4, -0.2) is 35.3 Å². The Morgan fingerprint density at radius 2 is 1.47 bits per heavy atom. The molecule has 0 radical (unpaired) electrons. The Hall–Kier alpha value is -1.06. The van der Waals surface area contributed by atoms with Crippen LogP contribution in [0, 0.1) is 11.3 Å². The first-order chi connectivity index (χ1) is 8.50. The van der Waals surface area contributed by atoms with Crippen molar-refractivity contribution in [2.24, 2.45) is 11.3 Å². The maximum Gasteiger partial charge on any atom is 0.311 e. The van der Waals surface area contributed by atoms with Crippen molar-refractivity contribution in [3.8, 4) is 0 Å². The zero-order chi connectivity index (χ0) is 14.8. The Kier molecular flexibility index (Phi) is 4.64. The summed E-state index contributed by atoms with van der Waals surface area (Å²) in [6.45, 7) is 13.7. The van der Waals surface area contributed by atoms with Crippen LogP contribution < -0.4 is 5.32 Å². The summed E-state index contributed by atoms with van der Waals surface area (Å²) in [5, 5.41) is 2.73. The third-order valence-corrected chi connectivity index (χ3v) is 3.69. The zero-order valence-electron chi connectivity index (χ0n) is 13.2. The van der Waals surface area contributed by atoms with Gasteiger partial charge in [-0.25, -0.2) is 0 Å². The van der Waals surface area contributed by atoms with E-state index in [-0.39, 0.29) is 16.9 Å². The number of hydrogen-bond acceptors (Lipinski definition) is 2. The van der Waals surface area contributed by atoms with Crippen molar-refractivity contribution in [1.82, 2.24) is 10.2 Å². The van der Waals surface area contributed by atoms with E-state index in [1.54, 1.807) is 4.90 Å². The normalized spacial score (nSPS) is 18.3. The summed E-state index contributed by atoms with van der Waals surface area (Å²) >= 11 is 0. The van der Waals surface area contributed by atoms with Gasteiger partial charge in [-0.3, -0.25) is 9.59 Å². The topological polar surface area (TPSA) is 49.4 Å². The number of amides is 2. The van der Waals surface area contributed by atoms with Crippen LogP contribution in [0.1, 0.15) is 54.4 Å². The van der Waals surface area contributed by atoms with Crippen molar-refractivity contribution >= 4 is 11.8 Å². The molecule has 1 heterocycles. The predicted molar refractivity (Wildman–Crippen MR) is 76.7 cm³/mol. The molecule has 1 N–H and O–H groups in total. The van der Waals surface area contributed by atoms with E-state index in [1.165, 1.54) is 0 Å². The second-order valence-electron chi connectivity index (χ2n) is 7.64. The SMILES string of the molecule is CC(C)(C)NC(=O)C(=O)N1CCC(C(C)(C)C)CC1. The number of carbonyl (C=O) groups excluding carboxylic acids is 2. The fraction of sp³-hybridized carbons (Fsp3) is 0.867. The molecule has 0 saturated carbocycles. The van der Waals surface area contributed by atoms with Gasteiger partial charge in [0.1, 0.15) is 0 Å². The van der Waals surface area contributed by atoms with Gasteiger partial charge in [0.2, 0.25) is 0 Å². The van der Waals surface area contributed by atoms with Gasteiger partial charge < -0.3 is 10.2 Å². The average Bonchev–Trinajstić information content (AvgIpc) is 2.24. The molecule has 2 amide bonds. The molecule has 0 aliphatic carbocycles. The van der Waals surface area contributed by atoms with E-state index in [9.17, 15) is 9.59 Å². The molecule has 0 bridgehead atoms. The molecule has 1 aliphatic heterocycles. The summed E-state index contributed by atoms with van der Waals surface area (Å²) in [4.78, 5) is 25.6. The molecule has 1 fully saturated rings. The van der Waals surface area contributed by atoms with Gasteiger partial charge in [-0.2, -0.15) is 0 Å². The van der Waals surface area contributed by atoms with Crippen LogP contribution in [0.2, 0.25) is 0 Å². The van der Waals surface area contributed by atoms with Crippen LogP contribution in [0.3, 0.4) is 0 Å². The molecule has 19 heavy (non-hydrogen) atoms. The van der Waals surface area contributed by atoms with Crippen LogP contribution in [0.15, 0.2) is 0 Å². The molecule has 1 aliphatic rings. The van der Waals surface area contributed by atoms with Crippen LogP contribution in [0.25, 0.3) is 0 Å². The van der Waals surface area contributed by atoms with Gasteiger partial charge in [0, 0.05) is 18.6 Å². The Labute approximate surface area is 116 Å². The fourth-order valence-corrected chi connectivity index (χ4v) is 2.49. The van der Waals surface area contributed by atoms with E-state index in [0.717, 1.165) is 12.8 Å². The average molecular weight is 268 g/mol. The number of likely N-dealkylation sites (tertiary alicyclic amines) is 1. The van der Waals surface area contributed by atoms with Gasteiger partial charge in [-0.1, -0.05) is 20.8 Å². The molecule has 110 valence electrons. The van der Waals surface area contributed by atoms with Crippen molar-refractivity contribution in [2.45, 2.75) is 59.9 Å². The van der Waals surface area contributed by atoms with Gasteiger partial charge in [-0.15, -0.1) is 0 Å². The molecule has 4 nitrogen and oxygen atoms in total. The zero-order valence-corrected chi connectivity index (χ0v) is 13.2. The Bertz CT molecular complexity index is 342. The lowest BCUT2D eigenvalue weighted by Crippen LogP contribution is -2.51. The first-order valence-corrected chi connectivity index (χ1v) is 7.12. The lowest BCUT2D eigenvalue weighted by molar-refractivity contribution is -0.147. The molecule has 0 aromatic heterocycles. The highest BCUT2D eigenvalue weighted by atomic mass is 16.2. The second-order valence-corrected chi connectivity index (χ2v) is 7.64. The Morgan fingerprint density at radius 1 is 1.00 bits per heavy atom. The molecular formula is C15H28N2O2. The van der Waals surface area contributed by atoms with E-state index in [0.29, 0.717) is 19.0 Å². The van der Waals surface area contributed by atoms with Gasteiger partial charge >= 0.3 is 11.8 Å². The summed E-state index contributed by atoms with van der Waals surface area (Å²) in [5.74, 6) is -0.244. The highest BCUT2D eigenvalue weighted by Crippen LogP contribution is 2.34. The van der Waals surface area contributed by atoms with Gasteiger partial charge in [0.05, 0.1) is 0 Å². The minimum Gasteiger partial charge on any atom is -0.343 e. The lowest BCUT2D eigenvalue weighted by atomic mass is 9.75. The summed E-state index contributed by atoms with van der Waals surface area (Å²) in [5.41, 5.74) is -0.0840. The molecule has 0 unspecified atom stereocenters. The third-order valence-electron chi connectivity index (χ3n) is 3.69. The summed E-state index contributed by atoms with van der Waals surface area (Å²) in [6.07, 6.45) is 1.97. The van der Waals surface area contributed by atoms with Crippen LogP contribution in [0.4, 0.5) is 0 Å². The van der Waals surface area contributed by atoms with Gasteiger partial charge in [0.15, 0.2) is 0 Å². The van der Waals surface area contributed by atoms with Crippen molar-refractivity contribution in [1.29, 1.82) is 0 Å². The van der Waals surface area contributed by atoms with E-state index in [1.807, 2.05) is 20.8 Å². The van der Waals surface area contributed by atoms with Crippen molar-refractivity contribution < 1.29 is 9.59 Å². The Balaban J connectivity index is 2.52. The van der Waals surface area contributed by atoms with Gasteiger partial charge in [0.25, 0.3) is 0 Å². The van der Waals surface area contributed by atoms with E-state index >= 15 is 0 Å². The highest BCUT2D eigenvalue weighted by molar-refractivity contribution is 6.35. The van der Waals surface area contributed by atoms with Crippen LogP contribution in [0.5, 0.6) is 0 Å². The first kappa shape index (κ1) is 16.0. The van der Waals surface area contributed by atoms with Gasteiger partial charge in [-0.05, 0) is 44.9 Å². The number of nitrogens with zero attached hydrogens (tertiary/aromatic N) is 1. The van der Waals surface area contributed by atoms with Crippen LogP contribution in [-0.2, 0) is 9.59 Å². The highest BCUT2D eigenvalue weighted by Gasteiger charge is 2.33. The number of carbonyl (C=O) groups is 2. The first-order valence-electron chi connectivity index (χ1n) is 7.12. The predicted octanol–water partition coefficient (Wildman–Crippen LogP) is 2.19. The molecule has 1 rings (SSSR count). The molecule has 0 spiro atoms. The number of nitrogens with one attached hydrogen (secondary N) is 1. The number of rotatable bonds is 0. The fourth-order valence-electron chi connectivity index (χ4n) is 2.49.